The molecule has 0 radical (unpaired) electrons. The largest absolute Gasteiger partial charge is 1.00 e. The smallest absolute Gasteiger partial charge is 1.00 e. The summed E-state index contributed by atoms with van der Waals surface area (Å²) >= 11 is 0.309. The molecule has 5 saturated heterocycles. The summed E-state index contributed by atoms with van der Waals surface area (Å²) in [4.78, 5) is 63.3. The maximum Gasteiger partial charge on any atom is 1.00 e. The van der Waals surface area contributed by atoms with Crippen LogP contribution in [0.15, 0.2) is 0 Å². The molecule has 39 heteroatoms. The van der Waals surface area contributed by atoms with Gasteiger partial charge in [0.1, 0.15) is 22.4 Å². The second kappa shape index (κ2) is 69.2. The summed E-state index contributed by atoms with van der Waals surface area (Å²) in [6.07, 6.45) is 0.720. The molecular weight excluding hydrogens is 1480 g/mol. The van der Waals surface area contributed by atoms with E-state index in [4.69, 9.17) is 34.1 Å². The SMILES string of the molecule is C.C.C.C.C.C.C.C.CC(C)(C)OC(=O)N1CC(CO)C1.CC(C)(C)OC(=O)N1CC(COS(C)(=O)=O)C1.CC(C)(C)OC(=O)N1CC(CS(=O)[O-])C1.CC(C)(C)OC(=O)N1CC(CS)C1.CS(=O)(=O)Cl.O=CO[O-].O=S([O-])CC1CNC1.S.[Ar].[Ar].[Ar].[Ar].[H-].[K+].[K+]. The maximum atomic E-state index is 11.5. The van der Waals surface area contributed by atoms with Crippen LogP contribution in [0.2, 0.25) is 0 Å². The van der Waals surface area contributed by atoms with Gasteiger partial charge in [-0.1, -0.05) is 81.6 Å². The van der Waals surface area contributed by atoms with Crippen LogP contribution in [0.3, 0.4) is 0 Å². The van der Waals surface area contributed by atoms with Gasteiger partial charge in [0, 0.05) is 269 Å². The van der Waals surface area contributed by atoms with E-state index in [1.54, 1.807) is 51.3 Å². The van der Waals surface area contributed by atoms with Gasteiger partial charge in [0.2, 0.25) is 9.05 Å². The molecular formula is C51H116Ar4ClK2N5O21S6-2. The number of hydrogen-bond acceptors (Lipinski definition) is 23. The zero-order valence-corrected chi connectivity index (χ0v) is 64.3. The Balaban J connectivity index is -0.0000000428. The molecule has 4 amide bonds. The fourth-order valence-corrected chi connectivity index (χ4v) is 7.58. The second-order valence-electron chi connectivity index (χ2n) is 21.7. The first kappa shape index (κ1) is 139. The first-order valence-corrected chi connectivity index (χ1v) is 31.0. The van der Waals surface area contributed by atoms with E-state index in [0.29, 0.717) is 56.9 Å². The Morgan fingerprint density at radius 1 is 0.567 bits per heavy atom. The van der Waals surface area contributed by atoms with Crippen molar-refractivity contribution in [3.8, 4) is 0 Å². The number of rotatable bonds is 10. The normalized spacial score (nSPS) is 15.0. The molecule has 26 nitrogen and oxygen atoms in total. The van der Waals surface area contributed by atoms with E-state index < -0.39 is 58.1 Å². The maximum absolute atomic E-state index is 11.5. The molecule has 2 atom stereocenters. The molecule has 0 saturated carbocycles. The van der Waals surface area contributed by atoms with Crippen LogP contribution < -0.4 is 113 Å². The van der Waals surface area contributed by atoms with Crippen LogP contribution >= 0.6 is 36.8 Å². The number of halogens is 1. The zero-order valence-electron chi connectivity index (χ0n) is 50.3. The molecule has 0 aromatic heterocycles. The number of ether oxygens (including phenoxy) is 4. The van der Waals surface area contributed by atoms with E-state index in [2.05, 4.69) is 37.7 Å². The molecule has 5 aliphatic rings. The van der Waals surface area contributed by atoms with Crippen molar-refractivity contribution in [2.24, 2.45) is 29.6 Å². The van der Waals surface area contributed by atoms with Crippen molar-refractivity contribution in [2.75, 3.05) is 108 Å². The first-order valence-electron chi connectivity index (χ1n) is 23.3. The Kier molecular flexibility index (Phi) is 107. The molecule has 5 rings (SSSR count). The van der Waals surface area contributed by atoms with Gasteiger partial charge in [0.25, 0.3) is 16.6 Å². The molecule has 5 aliphatic heterocycles. The summed E-state index contributed by atoms with van der Waals surface area (Å²) in [5.74, 6) is 2.61. The quantitative estimate of drug-likeness (QED) is 0.0318. The molecule has 0 aromatic rings. The number of aliphatic hydroxyl groups excluding tert-OH is 1. The fraction of sp³-hybridized carbons (Fsp3) is 0.902. The predicted octanol–water partition coefficient (Wildman–Crippen LogP) is 1.22. The molecule has 0 spiro atoms. The van der Waals surface area contributed by atoms with E-state index in [-0.39, 0.29) is 401 Å². The van der Waals surface area contributed by atoms with E-state index in [9.17, 15) is 53.5 Å². The number of likely N-dealkylation sites (tertiary alicyclic amines) is 4. The molecule has 0 bridgehead atoms. The van der Waals surface area contributed by atoms with Gasteiger partial charge in [-0.05, 0) is 94.8 Å². The molecule has 2 unspecified atom stereocenters. The minimum absolute atomic E-state index is 0. The third-order valence-electron chi connectivity index (χ3n) is 9.12. The monoisotopic (exact) mass is 1600 g/mol. The third-order valence-corrected chi connectivity index (χ3v) is 11.7. The Labute approximate surface area is 774 Å². The summed E-state index contributed by atoms with van der Waals surface area (Å²) in [5.41, 5.74) is -1.82. The average molecular weight is 1600 g/mol. The van der Waals surface area contributed by atoms with Crippen molar-refractivity contribution in [1.29, 1.82) is 0 Å². The molecule has 0 aromatic carbocycles. The third kappa shape index (κ3) is 82.8. The van der Waals surface area contributed by atoms with E-state index in [0.717, 1.165) is 44.4 Å². The Hall–Kier alpha value is 5.81. The van der Waals surface area contributed by atoms with Crippen LogP contribution in [-0.2, 0) is 74.1 Å². The molecule has 5 heterocycles. The topological polar surface area (TPSA) is 358 Å². The molecule has 550 valence electrons. The number of hydrogen-bond donors (Lipinski definition) is 3. The molecule has 5 fully saturated rings. The number of nitrogens with one attached hydrogen (secondary N) is 1. The van der Waals surface area contributed by atoms with Gasteiger partial charge in [0.15, 0.2) is 0 Å². The number of carbonyl (C=O) groups excluding carboxylic acids is 5. The number of thiol groups is 1. The van der Waals surface area contributed by atoms with Gasteiger partial charge in [-0.25, -0.2) is 27.6 Å². The number of amides is 4. The summed E-state index contributed by atoms with van der Waals surface area (Å²) in [7, 11) is -2.09. The van der Waals surface area contributed by atoms with Crippen molar-refractivity contribution in [2.45, 2.75) is 165 Å². The first-order chi connectivity index (χ1) is 33.9. The summed E-state index contributed by atoms with van der Waals surface area (Å²) in [5, 5.41) is 20.2. The Bertz CT molecular complexity index is 2010. The van der Waals surface area contributed by atoms with Crippen molar-refractivity contribution in [3.05, 3.63) is 0 Å². The van der Waals surface area contributed by atoms with Crippen LogP contribution in [0.1, 0.15) is 144 Å². The zero-order chi connectivity index (χ0) is 58.9. The van der Waals surface area contributed by atoms with Crippen molar-refractivity contribution >= 4 is 109 Å². The Morgan fingerprint density at radius 2 is 0.789 bits per heavy atom. The van der Waals surface area contributed by atoms with Gasteiger partial charge in [-0.15, -0.1) is 0 Å². The summed E-state index contributed by atoms with van der Waals surface area (Å²) in [6, 6.07) is 0. The summed E-state index contributed by atoms with van der Waals surface area (Å²) < 4.78 is 106. The number of nitrogens with zero attached hydrogens (tertiary/aromatic N) is 4. The van der Waals surface area contributed by atoms with Gasteiger partial charge in [-0.3, -0.25) is 17.4 Å². The van der Waals surface area contributed by atoms with Crippen LogP contribution in [0, 0.1) is 181 Å². The van der Waals surface area contributed by atoms with Crippen molar-refractivity contribution < 1.29 is 352 Å². The Morgan fingerprint density at radius 3 is 0.956 bits per heavy atom. The summed E-state index contributed by atoms with van der Waals surface area (Å²) in [6.45, 7) is 28.5. The standard InChI is InChI=1S/C10H19NO5S.C9H17NO4S.C9H17NO3.C9H17NO2S.C4H9NO2S.CH3ClO2S.CH2O3.8CH4.4Ar.2K.H2S.H/c1-10(2,3)16-9(12)11-5-8(6-11)7-15-17(4,13)14;1-9(2,3)14-8(11)10-4-7(5-10)6-15(12)13;1-9(2,3)13-8(12)10-4-7(5-10)6-11;1-9(2,3)12-8(11)10-4-7(5-10)6-13;6-8(7)3-4-1-5-2-4;1-5(2,3)4;2-1-4-3;;;;;;;;;;;;;;;;/h8H,5-7H2,1-4H3;7H,4-6H2,1-3H3,(H,12,13);7,11H,4-6H2,1-3H3;7,13H,4-6H2,1-3H3;4-5H,1-3H2,(H,6,7);1H3;1,3H;8*1H4;;;;;;;1H2;/q;;;;;;;;;;;;;;;;;;;2*+1;;-1/p-3. The van der Waals surface area contributed by atoms with Gasteiger partial charge in [0.05, 0.1) is 19.1 Å². The van der Waals surface area contributed by atoms with Crippen LogP contribution in [0.25, 0.3) is 0 Å². The fourth-order valence-electron chi connectivity index (χ4n) is 5.69. The van der Waals surface area contributed by atoms with Crippen LogP contribution in [0.4, 0.5) is 19.2 Å². The number of carbonyl (C=O) groups is 5. The van der Waals surface area contributed by atoms with E-state index >= 15 is 0 Å². The molecule has 90 heavy (non-hydrogen) atoms. The molecule has 0 aliphatic carbocycles. The van der Waals surface area contributed by atoms with Crippen molar-refractivity contribution in [1.82, 2.24) is 24.9 Å². The second-order valence-corrected chi connectivity index (χ2v) is 28.6. The van der Waals surface area contributed by atoms with Crippen molar-refractivity contribution in [3.63, 3.8) is 0 Å². The molecule has 2 N–H and O–H groups in total. The number of aliphatic hydroxyl groups is 1. The average Bonchev–Trinajstić information content (AvgIpc) is 3.10. The van der Waals surface area contributed by atoms with E-state index in [1.165, 1.54) is 9.80 Å². The predicted molar refractivity (Wildman–Crippen MR) is 344 cm³/mol. The van der Waals surface area contributed by atoms with Gasteiger partial charge in [-0.2, -0.15) is 34.5 Å². The van der Waals surface area contributed by atoms with Crippen LogP contribution in [-0.4, -0.2) is 221 Å². The minimum atomic E-state index is -3.40. The van der Waals surface area contributed by atoms with Gasteiger partial charge >= 0.3 is 127 Å². The minimum Gasteiger partial charge on any atom is -1.00 e. The van der Waals surface area contributed by atoms with Gasteiger partial charge < -0.3 is 69.6 Å². The van der Waals surface area contributed by atoms with Crippen LogP contribution in [0.5, 0.6) is 0 Å². The van der Waals surface area contributed by atoms with E-state index in [1.807, 2.05) is 41.5 Å².